The minimum Gasteiger partial charge on any atom is -0.481 e. The molecule has 4 nitrogen and oxygen atoms in total. The fourth-order valence-electron chi connectivity index (χ4n) is 2.20. The third kappa shape index (κ3) is 1.56. The van der Waals surface area contributed by atoms with Crippen molar-refractivity contribution < 1.29 is 14.7 Å². The number of benzene rings is 1. The SMILES string of the molecule is CCN1C(=O)c2ccccc2C1CC(=O)O. The highest BCUT2D eigenvalue weighted by atomic mass is 16.4. The van der Waals surface area contributed by atoms with Crippen LogP contribution in [0.5, 0.6) is 0 Å². The third-order valence-corrected chi connectivity index (χ3v) is 2.90. The zero-order valence-corrected chi connectivity index (χ0v) is 9.01. The van der Waals surface area contributed by atoms with Gasteiger partial charge in [-0.1, -0.05) is 18.2 Å². The zero-order chi connectivity index (χ0) is 11.7. The van der Waals surface area contributed by atoms with E-state index in [0.29, 0.717) is 12.1 Å². The molecule has 0 saturated carbocycles. The highest BCUT2D eigenvalue weighted by Gasteiger charge is 2.36. The van der Waals surface area contributed by atoms with Gasteiger partial charge in [0.1, 0.15) is 0 Å². The van der Waals surface area contributed by atoms with Gasteiger partial charge in [0, 0.05) is 12.1 Å². The molecule has 1 aliphatic heterocycles. The fraction of sp³-hybridized carbons (Fsp3) is 0.333. The molecule has 0 spiro atoms. The second kappa shape index (κ2) is 3.96. The zero-order valence-electron chi connectivity index (χ0n) is 9.01. The molecule has 84 valence electrons. The molecule has 1 heterocycles. The first kappa shape index (κ1) is 10.7. The summed E-state index contributed by atoms with van der Waals surface area (Å²) in [5, 5.41) is 8.86. The monoisotopic (exact) mass is 219 g/mol. The quantitative estimate of drug-likeness (QED) is 0.841. The van der Waals surface area contributed by atoms with Crippen LogP contribution >= 0.6 is 0 Å². The Hall–Kier alpha value is -1.84. The van der Waals surface area contributed by atoms with E-state index >= 15 is 0 Å². The summed E-state index contributed by atoms with van der Waals surface area (Å²) < 4.78 is 0. The molecule has 1 amide bonds. The molecule has 1 aromatic rings. The van der Waals surface area contributed by atoms with E-state index in [1.807, 2.05) is 19.1 Å². The highest BCUT2D eigenvalue weighted by molar-refractivity contribution is 5.99. The Morgan fingerprint density at radius 1 is 1.44 bits per heavy atom. The Bertz CT molecular complexity index is 442. The van der Waals surface area contributed by atoms with Gasteiger partial charge in [-0.3, -0.25) is 9.59 Å². The number of carbonyl (C=O) groups excluding carboxylic acids is 1. The van der Waals surface area contributed by atoms with Crippen LogP contribution in [0.15, 0.2) is 24.3 Å². The smallest absolute Gasteiger partial charge is 0.305 e. The summed E-state index contributed by atoms with van der Waals surface area (Å²) in [7, 11) is 0. The summed E-state index contributed by atoms with van der Waals surface area (Å²) in [6, 6.07) is 6.90. The summed E-state index contributed by atoms with van der Waals surface area (Å²) in [6.45, 7) is 2.39. The first-order valence-electron chi connectivity index (χ1n) is 5.26. The summed E-state index contributed by atoms with van der Waals surface area (Å²) in [5.41, 5.74) is 1.47. The Morgan fingerprint density at radius 3 is 2.75 bits per heavy atom. The third-order valence-electron chi connectivity index (χ3n) is 2.90. The van der Waals surface area contributed by atoms with Crippen molar-refractivity contribution >= 4 is 11.9 Å². The van der Waals surface area contributed by atoms with Crippen LogP contribution in [0.4, 0.5) is 0 Å². The van der Waals surface area contributed by atoms with Gasteiger partial charge in [0.05, 0.1) is 12.5 Å². The minimum absolute atomic E-state index is 0.0312. The number of rotatable bonds is 3. The van der Waals surface area contributed by atoms with E-state index in [1.54, 1.807) is 17.0 Å². The van der Waals surface area contributed by atoms with Crippen molar-refractivity contribution in [3.05, 3.63) is 35.4 Å². The van der Waals surface area contributed by atoms with Crippen LogP contribution in [0.25, 0.3) is 0 Å². The molecule has 1 atom stereocenters. The number of carboxylic acid groups (broad SMARTS) is 1. The predicted molar refractivity (Wildman–Crippen MR) is 58.1 cm³/mol. The molecule has 0 bridgehead atoms. The molecule has 2 rings (SSSR count). The van der Waals surface area contributed by atoms with Crippen LogP contribution in [0, 0.1) is 0 Å². The Balaban J connectivity index is 2.42. The molecule has 0 aromatic heterocycles. The molecule has 1 unspecified atom stereocenters. The van der Waals surface area contributed by atoms with Crippen LogP contribution in [0.2, 0.25) is 0 Å². The Labute approximate surface area is 93.5 Å². The van der Waals surface area contributed by atoms with Crippen molar-refractivity contribution in [2.75, 3.05) is 6.54 Å². The van der Waals surface area contributed by atoms with Gasteiger partial charge in [-0.05, 0) is 18.6 Å². The van der Waals surface area contributed by atoms with Gasteiger partial charge >= 0.3 is 5.97 Å². The first-order valence-corrected chi connectivity index (χ1v) is 5.26. The maximum Gasteiger partial charge on any atom is 0.305 e. The molecular weight excluding hydrogens is 206 g/mol. The largest absolute Gasteiger partial charge is 0.481 e. The minimum atomic E-state index is -0.882. The van der Waals surface area contributed by atoms with Crippen molar-refractivity contribution in [3.63, 3.8) is 0 Å². The predicted octanol–water partition coefficient (Wildman–Crippen LogP) is 1.68. The number of hydrogen-bond donors (Lipinski definition) is 1. The standard InChI is InChI=1S/C12H13NO3/c1-2-13-10(7-11(14)15)8-5-3-4-6-9(8)12(13)16/h3-6,10H,2,7H2,1H3,(H,14,15). The molecule has 16 heavy (non-hydrogen) atoms. The van der Waals surface area contributed by atoms with Crippen LogP contribution < -0.4 is 0 Å². The number of amides is 1. The topological polar surface area (TPSA) is 57.6 Å². The summed E-state index contributed by atoms with van der Waals surface area (Å²) in [5.74, 6) is -0.947. The van der Waals surface area contributed by atoms with Crippen LogP contribution in [-0.2, 0) is 4.79 Å². The van der Waals surface area contributed by atoms with Crippen molar-refractivity contribution in [1.82, 2.24) is 4.90 Å². The van der Waals surface area contributed by atoms with Crippen molar-refractivity contribution in [1.29, 1.82) is 0 Å². The fourth-order valence-corrected chi connectivity index (χ4v) is 2.20. The van der Waals surface area contributed by atoms with Crippen LogP contribution in [0.1, 0.15) is 35.3 Å². The second-order valence-corrected chi connectivity index (χ2v) is 3.79. The van der Waals surface area contributed by atoms with Gasteiger partial charge in [0.2, 0.25) is 0 Å². The molecule has 0 fully saturated rings. The normalized spacial score (nSPS) is 18.7. The average molecular weight is 219 g/mol. The summed E-state index contributed by atoms with van der Waals surface area (Å²) >= 11 is 0. The van der Waals surface area contributed by atoms with Crippen LogP contribution in [-0.4, -0.2) is 28.4 Å². The molecule has 0 saturated heterocycles. The van der Waals surface area contributed by atoms with E-state index in [0.717, 1.165) is 5.56 Å². The van der Waals surface area contributed by atoms with Gasteiger partial charge in [0.25, 0.3) is 5.91 Å². The van der Waals surface area contributed by atoms with Gasteiger partial charge in [-0.15, -0.1) is 0 Å². The molecular formula is C12H13NO3. The molecule has 0 radical (unpaired) electrons. The van der Waals surface area contributed by atoms with Crippen molar-refractivity contribution in [2.24, 2.45) is 0 Å². The number of carboxylic acids is 1. The summed E-state index contributed by atoms with van der Waals surface area (Å²) in [4.78, 5) is 24.4. The Morgan fingerprint density at radius 2 is 2.12 bits per heavy atom. The number of hydrogen-bond acceptors (Lipinski definition) is 2. The average Bonchev–Trinajstić information content (AvgIpc) is 2.52. The van der Waals surface area contributed by atoms with Crippen molar-refractivity contribution in [2.45, 2.75) is 19.4 Å². The number of aliphatic carboxylic acids is 1. The molecule has 1 aliphatic rings. The maximum atomic E-state index is 12.0. The molecule has 1 N–H and O–H groups in total. The molecule has 1 aromatic carbocycles. The van der Waals surface area contributed by atoms with Crippen LogP contribution in [0.3, 0.4) is 0 Å². The summed E-state index contributed by atoms with van der Waals surface area (Å²) in [6.07, 6.45) is -0.0312. The lowest BCUT2D eigenvalue weighted by atomic mass is 10.0. The number of fused-ring (bicyclic) bond motifs is 1. The lowest BCUT2D eigenvalue weighted by Gasteiger charge is -2.22. The highest BCUT2D eigenvalue weighted by Crippen LogP contribution is 2.35. The van der Waals surface area contributed by atoms with Crippen molar-refractivity contribution in [3.8, 4) is 0 Å². The van der Waals surface area contributed by atoms with Gasteiger partial charge in [0.15, 0.2) is 0 Å². The number of carbonyl (C=O) groups is 2. The lowest BCUT2D eigenvalue weighted by molar-refractivity contribution is -0.138. The molecule has 4 heteroatoms. The Kier molecular flexibility index (Phi) is 2.64. The van der Waals surface area contributed by atoms with Gasteiger partial charge in [-0.2, -0.15) is 0 Å². The van der Waals surface area contributed by atoms with E-state index in [1.165, 1.54) is 0 Å². The van der Waals surface area contributed by atoms with E-state index < -0.39 is 5.97 Å². The van der Waals surface area contributed by atoms with E-state index in [9.17, 15) is 9.59 Å². The molecule has 0 aliphatic carbocycles. The van der Waals surface area contributed by atoms with Gasteiger partial charge < -0.3 is 10.0 Å². The lowest BCUT2D eigenvalue weighted by Crippen LogP contribution is -2.29. The van der Waals surface area contributed by atoms with Gasteiger partial charge in [-0.25, -0.2) is 0 Å². The maximum absolute atomic E-state index is 12.0. The number of nitrogens with zero attached hydrogens (tertiary/aromatic N) is 1. The van der Waals surface area contributed by atoms with E-state index in [-0.39, 0.29) is 18.4 Å². The van der Waals surface area contributed by atoms with E-state index in [4.69, 9.17) is 5.11 Å². The second-order valence-electron chi connectivity index (χ2n) is 3.79. The first-order chi connectivity index (χ1) is 7.65. The van der Waals surface area contributed by atoms with E-state index in [2.05, 4.69) is 0 Å².